The minimum absolute atomic E-state index is 0.168. The molecule has 0 bridgehead atoms. The summed E-state index contributed by atoms with van der Waals surface area (Å²) in [6.45, 7) is 0. The van der Waals surface area contributed by atoms with Gasteiger partial charge in [-0.05, 0) is 30.3 Å². The summed E-state index contributed by atoms with van der Waals surface area (Å²) in [4.78, 5) is 20.5. The maximum Gasteiger partial charge on any atom is 0.276 e. The average Bonchev–Trinajstić information content (AvgIpc) is 2.47. The predicted octanol–water partition coefficient (Wildman–Crippen LogP) is 3.12. The van der Waals surface area contributed by atoms with E-state index < -0.39 is 5.91 Å². The Balaban J connectivity index is 2.02. The number of carbonyl (C=O) groups excluding carboxylic acids is 1. The van der Waals surface area contributed by atoms with Crippen LogP contribution in [-0.4, -0.2) is 15.9 Å². The molecule has 3 N–H and O–H groups in total. The number of anilines is 2. The number of fused-ring (bicyclic) bond motifs is 1. The number of pyridine rings is 2. The van der Waals surface area contributed by atoms with Gasteiger partial charge in [0.2, 0.25) is 0 Å². The zero-order valence-electron chi connectivity index (χ0n) is 10.9. The van der Waals surface area contributed by atoms with Crippen molar-refractivity contribution in [3.63, 3.8) is 0 Å². The van der Waals surface area contributed by atoms with Crippen molar-refractivity contribution in [1.82, 2.24) is 9.97 Å². The van der Waals surface area contributed by atoms with Crippen LogP contribution in [0.5, 0.6) is 0 Å². The number of aromatic nitrogens is 2. The molecule has 2 heterocycles. The Morgan fingerprint density at radius 1 is 1.14 bits per heavy atom. The van der Waals surface area contributed by atoms with E-state index in [4.69, 9.17) is 17.3 Å². The fourth-order valence-corrected chi connectivity index (χ4v) is 2.27. The maximum atomic E-state index is 12.3. The zero-order valence-corrected chi connectivity index (χ0v) is 11.6. The third kappa shape index (κ3) is 2.64. The van der Waals surface area contributed by atoms with Crippen molar-refractivity contribution in [1.29, 1.82) is 0 Å². The molecule has 6 heteroatoms. The van der Waals surface area contributed by atoms with Gasteiger partial charge in [0.05, 0.1) is 16.9 Å². The Morgan fingerprint density at radius 3 is 2.71 bits per heavy atom. The number of hydrogen-bond donors (Lipinski definition) is 2. The van der Waals surface area contributed by atoms with Crippen LogP contribution in [0.2, 0.25) is 5.02 Å². The molecule has 0 aliphatic heterocycles. The highest BCUT2D eigenvalue weighted by atomic mass is 35.5. The van der Waals surface area contributed by atoms with Gasteiger partial charge in [0.25, 0.3) is 5.91 Å². The van der Waals surface area contributed by atoms with Gasteiger partial charge in [-0.25, -0.2) is 4.98 Å². The number of hydrogen-bond acceptors (Lipinski definition) is 4. The Hall–Kier alpha value is -2.66. The van der Waals surface area contributed by atoms with E-state index in [1.165, 1.54) is 6.20 Å². The van der Waals surface area contributed by atoms with Crippen LogP contribution in [0, 0.1) is 0 Å². The largest absolute Gasteiger partial charge is 0.397 e. The fourth-order valence-electron chi connectivity index (χ4n) is 2.04. The van der Waals surface area contributed by atoms with Crippen molar-refractivity contribution in [2.24, 2.45) is 0 Å². The quantitative estimate of drug-likeness (QED) is 0.761. The van der Waals surface area contributed by atoms with Gasteiger partial charge >= 0.3 is 0 Å². The number of carbonyl (C=O) groups is 1. The van der Waals surface area contributed by atoms with Crippen LogP contribution in [0.15, 0.2) is 48.8 Å². The summed E-state index contributed by atoms with van der Waals surface area (Å²) < 4.78 is 0. The van der Waals surface area contributed by atoms with Gasteiger partial charge in [-0.1, -0.05) is 17.7 Å². The molecule has 1 amide bonds. The molecule has 3 rings (SSSR count). The molecule has 0 aliphatic carbocycles. The lowest BCUT2D eigenvalue weighted by molar-refractivity contribution is 0.102. The standard InChI is InChI=1S/C15H11ClN4O/c16-10-7-9-3-1-5-18-13(9)12(8-10)20-15(21)14-11(17)4-2-6-19-14/h1-8H,17H2,(H,20,21). The van der Waals surface area contributed by atoms with Crippen LogP contribution in [0.4, 0.5) is 11.4 Å². The van der Waals surface area contributed by atoms with Gasteiger partial charge in [-0.3, -0.25) is 9.78 Å². The summed E-state index contributed by atoms with van der Waals surface area (Å²) in [5, 5.41) is 4.11. The molecule has 104 valence electrons. The molecule has 21 heavy (non-hydrogen) atoms. The van der Waals surface area contributed by atoms with Crippen molar-refractivity contribution >= 4 is 39.8 Å². The Bertz CT molecular complexity index is 835. The molecule has 0 saturated carbocycles. The monoisotopic (exact) mass is 298 g/mol. The Kier molecular flexibility index (Phi) is 3.41. The minimum atomic E-state index is -0.401. The van der Waals surface area contributed by atoms with E-state index in [-0.39, 0.29) is 5.69 Å². The highest BCUT2D eigenvalue weighted by Gasteiger charge is 2.13. The minimum Gasteiger partial charge on any atom is -0.397 e. The van der Waals surface area contributed by atoms with Crippen molar-refractivity contribution < 1.29 is 4.79 Å². The van der Waals surface area contributed by atoms with Crippen LogP contribution in [0.1, 0.15) is 10.5 Å². The lowest BCUT2D eigenvalue weighted by Crippen LogP contribution is -2.16. The normalized spacial score (nSPS) is 10.5. The maximum absolute atomic E-state index is 12.3. The van der Waals surface area contributed by atoms with Gasteiger partial charge < -0.3 is 11.1 Å². The van der Waals surface area contributed by atoms with Crippen LogP contribution >= 0.6 is 11.6 Å². The SMILES string of the molecule is Nc1cccnc1C(=O)Nc1cc(Cl)cc2cccnc12. The number of halogens is 1. The molecule has 0 unspecified atom stereocenters. The van der Waals surface area contributed by atoms with E-state index in [0.717, 1.165) is 5.39 Å². The van der Waals surface area contributed by atoms with Gasteiger partial charge in [0.15, 0.2) is 5.69 Å². The first-order chi connectivity index (χ1) is 10.1. The molecule has 1 aromatic carbocycles. The third-order valence-electron chi connectivity index (χ3n) is 2.97. The number of rotatable bonds is 2. The number of nitrogens with two attached hydrogens (primary N) is 1. The van der Waals surface area contributed by atoms with E-state index in [1.54, 1.807) is 36.5 Å². The first-order valence-electron chi connectivity index (χ1n) is 6.21. The van der Waals surface area contributed by atoms with Crippen LogP contribution in [0.3, 0.4) is 0 Å². The Labute approximate surface area is 125 Å². The molecule has 0 atom stereocenters. The number of nitrogen functional groups attached to an aromatic ring is 1. The van der Waals surface area contributed by atoms with E-state index in [9.17, 15) is 4.79 Å². The molecule has 0 radical (unpaired) electrons. The topological polar surface area (TPSA) is 80.9 Å². The number of amides is 1. The fraction of sp³-hybridized carbons (Fsp3) is 0. The summed E-state index contributed by atoms with van der Waals surface area (Å²) in [5.74, 6) is -0.401. The highest BCUT2D eigenvalue weighted by Crippen LogP contribution is 2.26. The molecule has 0 fully saturated rings. The predicted molar refractivity (Wildman–Crippen MR) is 83.4 cm³/mol. The molecule has 0 saturated heterocycles. The average molecular weight is 299 g/mol. The van der Waals surface area contributed by atoms with Crippen molar-refractivity contribution in [3.05, 3.63) is 59.5 Å². The van der Waals surface area contributed by atoms with E-state index in [2.05, 4.69) is 15.3 Å². The van der Waals surface area contributed by atoms with Crippen molar-refractivity contribution in [2.45, 2.75) is 0 Å². The summed E-state index contributed by atoms with van der Waals surface area (Å²) in [6, 6.07) is 10.4. The smallest absolute Gasteiger partial charge is 0.276 e. The molecule has 3 aromatic rings. The summed E-state index contributed by atoms with van der Waals surface area (Å²) in [5.41, 5.74) is 7.41. The van der Waals surface area contributed by atoms with E-state index in [0.29, 0.717) is 21.9 Å². The molecule has 0 spiro atoms. The first-order valence-corrected chi connectivity index (χ1v) is 6.59. The molecule has 2 aromatic heterocycles. The number of nitrogens with one attached hydrogen (secondary N) is 1. The lowest BCUT2D eigenvalue weighted by Gasteiger charge is -2.09. The van der Waals surface area contributed by atoms with Crippen LogP contribution < -0.4 is 11.1 Å². The highest BCUT2D eigenvalue weighted by molar-refractivity contribution is 6.32. The van der Waals surface area contributed by atoms with Gasteiger partial charge in [0.1, 0.15) is 0 Å². The second-order valence-electron chi connectivity index (χ2n) is 4.42. The third-order valence-corrected chi connectivity index (χ3v) is 3.19. The second kappa shape index (κ2) is 5.38. The first kappa shape index (κ1) is 13.3. The van der Waals surface area contributed by atoms with Crippen molar-refractivity contribution in [2.75, 3.05) is 11.1 Å². The molecule has 5 nitrogen and oxygen atoms in total. The van der Waals surface area contributed by atoms with Gasteiger partial charge in [-0.2, -0.15) is 0 Å². The molecule has 0 aliphatic rings. The number of nitrogens with zero attached hydrogens (tertiary/aromatic N) is 2. The van der Waals surface area contributed by atoms with Gasteiger partial charge in [-0.15, -0.1) is 0 Å². The van der Waals surface area contributed by atoms with E-state index >= 15 is 0 Å². The Morgan fingerprint density at radius 2 is 1.90 bits per heavy atom. The lowest BCUT2D eigenvalue weighted by atomic mass is 10.2. The second-order valence-corrected chi connectivity index (χ2v) is 4.86. The summed E-state index contributed by atoms with van der Waals surface area (Å²) in [6.07, 6.45) is 3.17. The van der Waals surface area contributed by atoms with E-state index in [1.807, 2.05) is 6.07 Å². The summed E-state index contributed by atoms with van der Waals surface area (Å²) in [7, 11) is 0. The van der Waals surface area contributed by atoms with Crippen LogP contribution in [0.25, 0.3) is 10.9 Å². The zero-order chi connectivity index (χ0) is 14.8. The van der Waals surface area contributed by atoms with Gasteiger partial charge in [0, 0.05) is 22.8 Å². The van der Waals surface area contributed by atoms with Crippen molar-refractivity contribution in [3.8, 4) is 0 Å². The summed E-state index contributed by atoms with van der Waals surface area (Å²) >= 11 is 6.07. The molecular formula is C15H11ClN4O. The van der Waals surface area contributed by atoms with Crippen LogP contribution in [-0.2, 0) is 0 Å². The number of benzene rings is 1. The molecular weight excluding hydrogens is 288 g/mol.